The average molecular weight is 446 g/mol. The molecule has 7 nitrogen and oxygen atoms in total. The molecule has 0 radical (unpaired) electrons. The van der Waals surface area contributed by atoms with Crippen molar-refractivity contribution in [3.8, 4) is 22.6 Å². The topological polar surface area (TPSA) is 66.5 Å². The van der Waals surface area contributed by atoms with Gasteiger partial charge in [-0.3, -0.25) is 14.1 Å². The zero-order chi connectivity index (χ0) is 21.9. The number of imidazole rings is 1. The first kappa shape index (κ1) is 20.3. The Hall–Kier alpha value is -3.65. The van der Waals surface area contributed by atoms with E-state index < -0.39 is 0 Å². The van der Waals surface area contributed by atoms with Crippen molar-refractivity contribution in [1.82, 2.24) is 24.1 Å². The van der Waals surface area contributed by atoms with Gasteiger partial charge in [-0.05, 0) is 43.2 Å². The van der Waals surface area contributed by atoms with Crippen LogP contribution in [-0.4, -0.2) is 30.8 Å². The van der Waals surface area contributed by atoms with Crippen LogP contribution in [-0.2, 0) is 13.2 Å². The lowest BCUT2D eigenvalue weighted by molar-refractivity contribution is 0.278. The number of pyridine rings is 1. The zero-order valence-corrected chi connectivity index (χ0v) is 18.7. The van der Waals surface area contributed by atoms with Gasteiger partial charge in [0.25, 0.3) is 0 Å². The minimum atomic E-state index is 0.418. The van der Waals surface area contributed by atoms with Crippen molar-refractivity contribution in [2.24, 2.45) is 0 Å². The maximum Gasteiger partial charge on any atom is 0.193 e. The molecule has 0 saturated carbocycles. The molecule has 0 bridgehead atoms. The predicted octanol–water partition coefficient (Wildman–Crippen LogP) is 4.93. The largest absolute Gasteiger partial charge is 0.491 e. The Kier molecular flexibility index (Phi) is 5.60. The highest BCUT2D eigenvalue weighted by Crippen LogP contribution is 2.26. The molecule has 162 valence electrons. The van der Waals surface area contributed by atoms with E-state index in [-0.39, 0.29) is 0 Å². The number of hydrogen-bond donors (Lipinski definition) is 0. The molecule has 4 heterocycles. The van der Waals surface area contributed by atoms with E-state index in [0.29, 0.717) is 19.8 Å². The molecule has 32 heavy (non-hydrogen) atoms. The highest BCUT2D eigenvalue weighted by Gasteiger charge is 2.10. The van der Waals surface area contributed by atoms with Gasteiger partial charge in [-0.25, -0.2) is 4.98 Å². The van der Waals surface area contributed by atoms with Crippen LogP contribution >= 0.6 is 11.3 Å². The Balaban J connectivity index is 1.20. The fourth-order valence-electron chi connectivity index (χ4n) is 3.56. The van der Waals surface area contributed by atoms with Crippen molar-refractivity contribution in [3.05, 3.63) is 83.6 Å². The van der Waals surface area contributed by atoms with Crippen LogP contribution in [0.1, 0.15) is 17.0 Å². The maximum atomic E-state index is 6.07. The molecule has 5 aromatic rings. The van der Waals surface area contributed by atoms with Gasteiger partial charge in [0.15, 0.2) is 4.96 Å². The van der Waals surface area contributed by atoms with Gasteiger partial charge in [0, 0.05) is 47.5 Å². The number of benzene rings is 1. The summed E-state index contributed by atoms with van der Waals surface area (Å²) >= 11 is 1.61. The summed E-state index contributed by atoms with van der Waals surface area (Å²) in [6, 6.07) is 9.89. The molecular weight excluding hydrogens is 422 g/mol. The summed E-state index contributed by atoms with van der Waals surface area (Å²) in [6.07, 6.45) is 9.47. The summed E-state index contributed by atoms with van der Waals surface area (Å²) in [4.78, 5) is 9.61. The van der Waals surface area contributed by atoms with Crippen molar-refractivity contribution in [3.63, 3.8) is 0 Å². The van der Waals surface area contributed by atoms with E-state index in [1.807, 2.05) is 70.3 Å². The van der Waals surface area contributed by atoms with E-state index >= 15 is 0 Å². The second-order valence-corrected chi connectivity index (χ2v) is 8.37. The third-order valence-corrected chi connectivity index (χ3v) is 6.12. The van der Waals surface area contributed by atoms with E-state index in [1.165, 1.54) is 0 Å². The lowest BCUT2D eigenvalue weighted by Crippen LogP contribution is -2.11. The fourth-order valence-corrected chi connectivity index (χ4v) is 4.28. The van der Waals surface area contributed by atoms with E-state index in [9.17, 15) is 0 Å². The zero-order valence-electron chi connectivity index (χ0n) is 17.9. The van der Waals surface area contributed by atoms with E-state index in [0.717, 1.165) is 44.5 Å². The molecule has 0 aliphatic heterocycles. The van der Waals surface area contributed by atoms with Crippen LogP contribution in [0.15, 0.2) is 66.7 Å². The molecule has 0 atom stereocenters. The number of aromatic nitrogens is 5. The third kappa shape index (κ3) is 4.22. The van der Waals surface area contributed by atoms with Crippen LogP contribution in [0.5, 0.6) is 11.5 Å². The standard InChI is InChI=1S/C24H23N5O2S/c1-17-3-4-21(31-16-20-15-28-10-12-32-24(28)27-20)13-23(17)30-11-9-29-18(2)22(14-26-29)19-5-7-25-8-6-19/h3-8,10,12-15H,9,11,16H2,1-2H3. The SMILES string of the molecule is Cc1ccc(OCc2cn3ccsc3n2)cc1OCCn1ncc(-c2ccncc2)c1C. The van der Waals surface area contributed by atoms with Crippen LogP contribution in [0, 0.1) is 13.8 Å². The summed E-state index contributed by atoms with van der Waals surface area (Å²) < 4.78 is 16.0. The van der Waals surface area contributed by atoms with Crippen molar-refractivity contribution in [2.75, 3.05) is 6.61 Å². The summed E-state index contributed by atoms with van der Waals surface area (Å²) in [7, 11) is 0. The molecule has 1 aromatic carbocycles. The van der Waals surface area contributed by atoms with Crippen LogP contribution in [0.25, 0.3) is 16.1 Å². The second kappa shape index (κ2) is 8.84. The van der Waals surface area contributed by atoms with Gasteiger partial charge in [-0.1, -0.05) is 6.07 Å². The Morgan fingerprint density at radius 3 is 2.78 bits per heavy atom. The predicted molar refractivity (Wildman–Crippen MR) is 124 cm³/mol. The van der Waals surface area contributed by atoms with Crippen LogP contribution in [0.2, 0.25) is 0 Å². The van der Waals surface area contributed by atoms with Gasteiger partial charge in [-0.15, -0.1) is 11.3 Å². The molecule has 0 aliphatic rings. The molecule has 5 rings (SSSR count). The number of hydrogen-bond acceptors (Lipinski definition) is 6. The monoisotopic (exact) mass is 445 g/mol. The molecule has 0 amide bonds. The number of aryl methyl sites for hydroxylation is 1. The summed E-state index contributed by atoms with van der Waals surface area (Å²) in [5.41, 5.74) is 5.29. The van der Waals surface area contributed by atoms with Gasteiger partial charge in [0.2, 0.25) is 0 Å². The van der Waals surface area contributed by atoms with E-state index in [4.69, 9.17) is 9.47 Å². The van der Waals surface area contributed by atoms with E-state index in [1.54, 1.807) is 23.7 Å². The normalized spacial score (nSPS) is 11.2. The molecule has 0 spiro atoms. The molecule has 0 fully saturated rings. The fraction of sp³-hybridized carbons (Fsp3) is 0.208. The van der Waals surface area contributed by atoms with Gasteiger partial charge < -0.3 is 9.47 Å². The Morgan fingerprint density at radius 2 is 1.94 bits per heavy atom. The first-order valence-electron chi connectivity index (χ1n) is 10.4. The average Bonchev–Trinajstić information content (AvgIpc) is 3.50. The highest BCUT2D eigenvalue weighted by molar-refractivity contribution is 7.15. The third-order valence-electron chi connectivity index (χ3n) is 5.34. The minimum Gasteiger partial charge on any atom is -0.491 e. The first-order chi connectivity index (χ1) is 15.7. The van der Waals surface area contributed by atoms with E-state index in [2.05, 4.69) is 22.0 Å². The lowest BCUT2D eigenvalue weighted by Gasteiger charge is -2.12. The summed E-state index contributed by atoms with van der Waals surface area (Å²) in [5.74, 6) is 1.57. The number of rotatable bonds is 8. The van der Waals surface area contributed by atoms with Crippen LogP contribution < -0.4 is 9.47 Å². The van der Waals surface area contributed by atoms with Gasteiger partial charge in [-0.2, -0.15) is 5.10 Å². The maximum absolute atomic E-state index is 6.07. The summed E-state index contributed by atoms with van der Waals surface area (Å²) in [5, 5.41) is 6.54. The number of fused-ring (bicyclic) bond motifs is 1. The van der Waals surface area contributed by atoms with Crippen LogP contribution in [0.3, 0.4) is 0 Å². The Labute approximate surface area is 189 Å². The van der Waals surface area contributed by atoms with Crippen molar-refractivity contribution >= 4 is 16.3 Å². The second-order valence-electron chi connectivity index (χ2n) is 7.49. The minimum absolute atomic E-state index is 0.418. The van der Waals surface area contributed by atoms with Gasteiger partial charge in [0.05, 0.1) is 18.4 Å². The number of nitrogens with zero attached hydrogens (tertiary/aromatic N) is 5. The molecule has 0 unspecified atom stereocenters. The number of thiazole rings is 1. The quantitative estimate of drug-likeness (QED) is 0.339. The number of ether oxygens (including phenoxy) is 2. The van der Waals surface area contributed by atoms with Crippen molar-refractivity contribution in [1.29, 1.82) is 0 Å². The highest BCUT2D eigenvalue weighted by atomic mass is 32.1. The molecule has 0 saturated heterocycles. The van der Waals surface area contributed by atoms with Crippen molar-refractivity contribution in [2.45, 2.75) is 27.0 Å². The summed E-state index contributed by atoms with van der Waals surface area (Å²) in [6.45, 7) is 5.69. The Morgan fingerprint density at radius 1 is 1.06 bits per heavy atom. The molecule has 4 aromatic heterocycles. The molecule has 0 aliphatic carbocycles. The molecule has 0 N–H and O–H groups in total. The molecule has 8 heteroatoms. The smallest absolute Gasteiger partial charge is 0.193 e. The van der Waals surface area contributed by atoms with Crippen molar-refractivity contribution < 1.29 is 9.47 Å². The Bertz CT molecular complexity index is 1310. The van der Waals surface area contributed by atoms with Gasteiger partial charge in [0.1, 0.15) is 24.7 Å². The van der Waals surface area contributed by atoms with Crippen LogP contribution in [0.4, 0.5) is 0 Å². The molecular formula is C24H23N5O2S. The van der Waals surface area contributed by atoms with Gasteiger partial charge >= 0.3 is 0 Å². The lowest BCUT2D eigenvalue weighted by atomic mass is 10.1. The first-order valence-corrected chi connectivity index (χ1v) is 11.3.